The molecular formula is C18H19N3O6S3. The topological polar surface area (TPSA) is 156 Å². The van der Waals surface area contributed by atoms with Crippen LogP contribution in [0, 0.1) is 0 Å². The summed E-state index contributed by atoms with van der Waals surface area (Å²) in [6.45, 7) is 1.17. The molecule has 1 atom stereocenters. The Morgan fingerprint density at radius 1 is 1.10 bits per heavy atom. The fraction of sp³-hybridized carbons (Fsp3) is 0.167. The van der Waals surface area contributed by atoms with Crippen molar-refractivity contribution in [3.63, 3.8) is 0 Å². The zero-order valence-electron chi connectivity index (χ0n) is 15.7. The molecule has 9 nitrogen and oxygen atoms in total. The Labute approximate surface area is 181 Å². The number of carbonyl (C=O) groups is 3. The first kappa shape index (κ1) is 23.7. The summed E-state index contributed by atoms with van der Waals surface area (Å²) in [6, 6.07) is 12.2. The van der Waals surface area contributed by atoms with Gasteiger partial charge < -0.3 is 15.7 Å². The van der Waals surface area contributed by atoms with Crippen molar-refractivity contribution in [2.75, 3.05) is 11.9 Å². The third-order valence-electron chi connectivity index (χ3n) is 3.64. The number of hydrogen-bond acceptors (Lipinski definition) is 7. The van der Waals surface area contributed by atoms with Crippen LogP contribution in [0.5, 0.6) is 0 Å². The van der Waals surface area contributed by atoms with Gasteiger partial charge in [-0.05, 0) is 43.3 Å². The molecule has 2 amide bonds. The van der Waals surface area contributed by atoms with Gasteiger partial charge in [0.25, 0.3) is 5.91 Å². The zero-order valence-corrected chi connectivity index (χ0v) is 18.1. The molecule has 0 spiro atoms. The number of sulfonamides is 1. The van der Waals surface area contributed by atoms with Gasteiger partial charge in [0.05, 0.1) is 15.7 Å². The van der Waals surface area contributed by atoms with Crippen LogP contribution in [0.1, 0.15) is 17.3 Å². The molecule has 160 valence electrons. The Morgan fingerprint density at radius 3 is 2.33 bits per heavy atom. The molecule has 0 aromatic heterocycles. The normalized spacial score (nSPS) is 12.1. The number of carbonyl (C=O) groups excluding carboxylic acids is 2. The Morgan fingerprint density at radius 2 is 1.73 bits per heavy atom. The maximum Gasteiger partial charge on any atom is 0.322 e. The average Bonchev–Trinajstić information content (AvgIpc) is 2.70. The van der Waals surface area contributed by atoms with E-state index < -0.39 is 39.6 Å². The number of hydrogen-bond donors (Lipinski definition) is 4. The summed E-state index contributed by atoms with van der Waals surface area (Å²) in [4.78, 5) is 35.6. The molecule has 0 aliphatic carbocycles. The van der Waals surface area contributed by atoms with Crippen molar-refractivity contribution in [1.82, 2.24) is 5.32 Å². The van der Waals surface area contributed by atoms with Crippen molar-refractivity contribution in [2.24, 2.45) is 5.14 Å². The number of primary sulfonamides is 1. The molecule has 0 heterocycles. The minimum atomic E-state index is -3.82. The molecule has 0 bridgehead atoms. The molecule has 1 unspecified atom stereocenters. The molecule has 0 saturated carbocycles. The van der Waals surface area contributed by atoms with E-state index in [-0.39, 0.29) is 4.90 Å². The smallest absolute Gasteiger partial charge is 0.322 e. The van der Waals surface area contributed by atoms with E-state index in [1.807, 2.05) is 0 Å². The fourth-order valence-corrected chi connectivity index (χ4v) is 4.89. The van der Waals surface area contributed by atoms with Gasteiger partial charge in [0.1, 0.15) is 6.54 Å². The highest BCUT2D eigenvalue weighted by Crippen LogP contribution is 2.36. The van der Waals surface area contributed by atoms with Crippen LogP contribution in [0.2, 0.25) is 0 Å². The lowest BCUT2D eigenvalue weighted by molar-refractivity contribution is -0.137. The van der Waals surface area contributed by atoms with Gasteiger partial charge in [-0.2, -0.15) is 0 Å². The molecule has 0 fully saturated rings. The summed E-state index contributed by atoms with van der Waals surface area (Å²) in [6.07, 6.45) is 0. The number of benzene rings is 2. The number of rotatable bonds is 9. The number of aliphatic carboxylic acids is 1. The molecule has 2 aromatic carbocycles. The second kappa shape index (κ2) is 10.5. The standard InChI is InChI=1S/C18H19N3O6S3/c1-11(17(24)20-10-16(22)23)28-29-15-5-3-2-4-14(15)18(25)21-12-6-8-13(9-7-12)30(19,26)27/h2-9,11H,10H2,1H3,(H,20,24)(H,21,25)(H,22,23)(H2,19,26,27). The summed E-state index contributed by atoms with van der Waals surface area (Å²) in [5.41, 5.74) is 0.755. The number of carboxylic acid groups (broad SMARTS) is 1. The van der Waals surface area contributed by atoms with Gasteiger partial charge in [-0.15, -0.1) is 0 Å². The van der Waals surface area contributed by atoms with Crippen LogP contribution in [0.25, 0.3) is 0 Å². The van der Waals surface area contributed by atoms with Gasteiger partial charge in [0.2, 0.25) is 15.9 Å². The van der Waals surface area contributed by atoms with Crippen LogP contribution >= 0.6 is 21.6 Å². The van der Waals surface area contributed by atoms with Crippen molar-refractivity contribution < 1.29 is 27.9 Å². The number of carboxylic acids is 1. The van der Waals surface area contributed by atoms with E-state index in [2.05, 4.69) is 10.6 Å². The van der Waals surface area contributed by atoms with E-state index in [0.717, 1.165) is 0 Å². The number of anilines is 1. The van der Waals surface area contributed by atoms with Gasteiger partial charge in [0, 0.05) is 10.6 Å². The molecule has 0 aliphatic heterocycles. The van der Waals surface area contributed by atoms with E-state index in [4.69, 9.17) is 10.2 Å². The average molecular weight is 470 g/mol. The first-order valence-electron chi connectivity index (χ1n) is 8.44. The van der Waals surface area contributed by atoms with Crippen molar-refractivity contribution in [3.05, 3.63) is 54.1 Å². The van der Waals surface area contributed by atoms with Crippen LogP contribution in [0.15, 0.2) is 58.3 Å². The molecule has 12 heteroatoms. The predicted octanol–water partition coefficient (Wildman–Crippen LogP) is 1.92. The third kappa shape index (κ3) is 7.06. The lowest BCUT2D eigenvalue weighted by atomic mass is 10.2. The molecule has 5 N–H and O–H groups in total. The second-order valence-electron chi connectivity index (χ2n) is 5.95. The second-order valence-corrected chi connectivity index (χ2v) is 10.1. The quantitative estimate of drug-likeness (QED) is 0.406. The van der Waals surface area contributed by atoms with Gasteiger partial charge in [-0.25, -0.2) is 13.6 Å². The number of nitrogens with two attached hydrogens (primary N) is 1. The maximum absolute atomic E-state index is 12.7. The number of amides is 2. The van der Waals surface area contributed by atoms with E-state index in [9.17, 15) is 22.8 Å². The SMILES string of the molecule is CC(SSc1ccccc1C(=O)Nc1ccc(S(N)(=O)=O)cc1)C(=O)NCC(=O)O. The van der Waals surface area contributed by atoms with Crippen LogP contribution in [-0.4, -0.2) is 43.1 Å². The lowest BCUT2D eigenvalue weighted by Crippen LogP contribution is -2.34. The highest BCUT2D eigenvalue weighted by atomic mass is 33.1. The summed E-state index contributed by atoms with van der Waals surface area (Å²) >= 11 is 0. The largest absolute Gasteiger partial charge is 0.480 e. The van der Waals surface area contributed by atoms with Gasteiger partial charge in [0.15, 0.2) is 0 Å². The van der Waals surface area contributed by atoms with Crippen LogP contribution in [-0.2, 0) is 19.6 Å². The zero-order chi connectivity index (χ0) is 22.3. The van der Waals surface area contributed by atoms with Crippen molar-refractivity contribution >= 4 is 55.1 Å². The van der Waals surface area contributed by atoms with Gasteiger partial charge in [-0.3, -0.25) is 14.4 Å². The first-order valence-corrected chi connectivity index (χ1v) is 12.2. The molecule has 0 radical (unpaired) electrons. The Hall–Kier alpha value is -2.54. The predicted molar refractivity (Wildman–Crippen MR) is 116 cm³/mol. The summed E-state index contributed by atoms with van der Waals surface area (Å²) < 4.78 is 22.6. The summed E-state index contributed by atoms with van der Waals surface area (Å²) in [5.74, 6) is -1.97. The minimum Gasteiger partial charge on any atom is -0.480 e. The van der Waals surface area contributed by atoms with Crippen molar-refractivity contribution in [1.29, 1.82) is 0 Å². The molecule has 2 rings (SSSR count). The fourth-order valence-electron chi connectivity index (χ4n) is 2.13. The Balaban J connectivity index is 2.04. The van der Waals surface area contributed by atoms with Gasteiger partial charge in [-0.1, -0.05) is 33.7 Å². The van der Waals surface area contributed by atoms with Crippen molar-refractivity contribution in [3.8, 4) is 0 Å². The van der Waals surface area contributed by atoms with E-state index in [1.54, 1.807) is 31.2 Å². The molecule has 0 aliphatic rings. The molecular weight excluding hydrogens is 450 g/mol. The summed E-state index contributed by atoms with van der Waals surface area (Å²) in [7, 11) is -1.43. The Kier molecular flexibility index (Phi) is 8.29. The van der Waals surface area contributed by atoms with Crippen LogP contribution < -0.4 is 15.8 Å². The molecule has 30 heavy (non-hydrogen) atoms. The van der Waals surface area contributed by atoms with E-state index in [1.165, 1.54) is 45.9 Å². The molecule has 2 aromatic rings. The maximum atomic E-state index is 12.7. The minimum absolute atomic E-state index is 0.0667. The monoisotopic (exact) mass is 469 g/mol. The van der Waals surface area contributed by atoms with Crippen LogP contribution in [0.4, 0.5) is 5.69 Å². The number of nitrogens with one attached hydrogen (secondary N) is 2. The summed E-state index contributed by atoms with van der Waals surface area (Å²) in [5, 5.41) is 18.1. The van der Waals surface area contributed by atoms with Crippen LogP contribution in [0.3, 0.4) is 0 Å². The third-order valence-corrected chi connectivity index (χ3v) is 7.39. The van der Waals surface area contributed by atoms with E-state index >= 15 is 0 Å². The highest BCUT2D eigenvalue weighted by molar-refractivity contribution is 8.77. The molecule has 0 saturated heterocycles. The van der Waals surface area contributed by atoms with E-state index in [0.29, 0.717) is 16.1 Å². The van der Waals surface area contributed by atoms with Gasteiger partial charge >= 0.3 is 5.97 Å². The van der Waals surface area contributed by atoms with Crippen molar-refractivity contribution in [2.45, 2.75) is 22.0 Å². The lowest BCUT2D eigenvalue weighted by Gasteiger charge is -2.13. The highest BCUT2D eigenvalue weighted by Gasteiger charge is 2.18. The Bertz CT molecular complexity index is 1040. The first-order chi connectivity index (χ1) is 14.1.